The number of thiazole rings is 1. The first-order valence-electron chi connectivity index (χ1n) is 7.25. The molecule has 1 saturated carbocycles. The van der Waals surface area contributed by atoms with Gasteiger partial charge in [-0.15, -0.1) is 11.3 Å². The summed E-state index contributed by atoms with van der Waals surface area (Å²) >= 11 is 1.67. The lowest BCUT2D eigenvalue weighted by Gasteiger charge is -2.13. The van der Waals surface area contributed by atoms with Crippen molar-refractivity contribution in [3.63, 3.8) is 0 Å². The third kappa shape index (κ3) is 3.85. The molecule has 3 N–H and O–H groups in total. The highest BCUT2D eigenvalue weighted by atomic mass is 32.1. The van der Waals surface area contributed by atoms with Gasteiger partial charge in [0, 0.05) is 24.0 Å². The van der Waals surface area contributed by atoms with Gasteiger partial charge in [-0.1, -0.05) is 6.92 Å². The average Bonchev–Trinajstić information content (AvgIpc) is 3.16. The number of nitrogens with one attached hydrogen (secondary N) is 1. The van der Waals surface area contributed by atoms with Crippen LogP contribution in [-0.4, -0.2) is 23.1 Å². The summed E-state index contributed by atoms with van der Waals surface area (Å²) in [4.78, 5) is 8.78. The number of ether oxygens (including phenoxy) is 1. The van der Waals surface area contributed by atoms with Crippen LogP contribution in [0.4, 0.5) is 11.5 Å². The van der Waals surface area contributed by atoms with Crippen molar-refractivity contribution in [1.29, 1.82) is 0 Å². The van der Waals surface area contributed by atoms with E-state index in [0.29, 0.717) is 23.4 Å². The van der Waals surface area contributed by atoms with Crippen molar-refractivity contribution < 1.29 is 4.74 Å². The number of hydrogen-bond donors (Lipinski definition) is 2. The van der Waals surface area contributed by atoms with E-state index in [1.165, 1.54) is 12.8 Å². The molecule has 0 amide bonds. The lowest BCUT2D eigenvalue weighted by molar-refractivity contribution is 0.290. The molecular weight excluding hydrogens is 284 g/mol. The predicted octanol–water partition coefficient (Wildman–Crippen LogP) is 3.12. The minimum Gasteiger partial charge on any atom is -0.476 e. The molecule has 0 saturated heterocycles. The van der Waals surface area contributed by atoms with E-state index in [9.17, 15) is 0 Å². The fourth-order valence-electron chi connectivity index (χ4n) is 1.97. The first kappa shape index (κ1) is 14.1. The lowest BCUT2D eigenvalue weighted by Crippen LogP contribution is -2.12. The van der Waals surface area contributed by atoms with Crippen molar-refractivity contribution in [1.82, 2.24) is 9.97 Å². The molecule has 0 aliphatic heterocycles. The van der Waals surface area contributed by atoms with E-state index in [1.54, 1.807) is 11.3 Å². The highest BCUT2D eigenvalue weighted by Gasteiger charge is 2.22. The summed E-state index contributed by atoms with van der Waals surface area (Å²) in [5.41, 5.74) is 6.50. The van der Waals surface area contributed by atoms with Crippen molar-refractivity contribution in [2.24, 2.45) is 5.92 Å². The molecule has 1 aliphatic rings. The van der Waals surface area contributed by atoms with E-state index >= 15 is 0 Å². The number of pyridine rings is 1. The molecule has 2 aromatic rings. The van der Waals surface area contributed by atoms with Gasteiger partial charge in [0.05, 0.1) is 17.3 Å². The van der Waals surface area contributed by atoms with E-state index in [-0.39, 0.29) is 0 Å². The maximum atomic E-state index is 5.91. The molecule has 112 valence electrons. The predicted molar refractivity (Wildman–Crippen MR) is 85.9 cm³/mol. The summed E-state index contributed by atoms with van der Waals surface area (Å²) < 4.78 is 5.69. The third-order valence-corrected chi connectivity index (χ3v) is 4.51. The highest BCUT2D eigenvalue weighted by Crippen LogP contribution is 2.30. The number of hydrogen-bond acceptors (Lipinski definition) is 6. The molecule has 0 spiro atoms. The second-order valence-corrected chi connectivity index (χ2v) is 6.42. The van der Waals surface area contributed by atoms with Gasteiger partial charge in [-0.3, -0.25) is 0 Å². The van der Waals surface area contributed by atoms with Gasteiger partial charge in [-0.2, -0.15) is 4.98 Å². The molecule has 1 unspecified atom stereocenters. The Kier molecular flexibility index (Phi) is 4.24. The normalized spacial score (nSPS) is 15.7. The van der Waals surface area contributed by atoms with Gasteiger partial charge in [-0.05, 0) is 30.9 Å². The molecule has 1 fully saturated rings. The zero-order chi connectivity index (χ0) is 14.7. The molecule has 1 atom stereocenters. The SMILES string of the molecule is CC(CNc1ccc(N)c(OCC2CC2)n1)c1nccs1. The number of rotatable bonds is 7. The van der Waals surface area contributed by atoms with Gasteiger partial charge in [0.2, 0.25) is 5.88 Å². The Bertz CT molecular complexity index is 583. The van der Waals surface area contributed by atoms with Crippen LogP contribution in [0.25, 0.3) is 0 Å². The number of nitrogens with two attached hydrogens (primary N) is 1. The Morgan fingerprint density at radius 2 is 2.33 bits per heavy atom. The van der Waals surface area contributed by atoms with Crippen molar-refractivity contribution in [3.05, 3.63) is 28.7 Å². The van der Waals surface area contributed by atoms with Crippen LogP contribution in [0.1, 0.15) is 30.7 Å². The summed E-state index contributed by atoms with van der Waals surface area (Å²) in [5, 5.41) is 6.45. The van der Waals surface area contributed by atoms with Gasteiger partial charge < -0.3 is 15.8 Å². The van der Waals surface area contributed by atoms with Crippen LogP contribution in [0.15, 0.2) is 23.7 Å². The number of aromatic nitrogens is 2. The van der Waals surface area contributed by atoms with Crippen LogP contribution in [0.5, 0.6) is 5.88 Å². The molecule has 0 radical (unpaired) electrons. The number of nitrogen functional groups attached to an aromatic ring is 1. The Morgan fingerprint density at radius 1 is 1.48 bits per heavy atom. The van der Waals surface area contributed by atoms with Crippen LogP contribution >= 0.6 is 11.3 Å². The molecule has 0 bridgehead atoms. The number of nitrogens with zero attached hydrogens (tertiary/aromatic N) is 2. The Balaban J connectivity index is 1.58. The first-order chi connectivity index (χ1) is 10.2. The standard InChI is InChI=1S/C15H20N4OS/c1-10(15-17-6-7-21-15)8-18-13-5-4-12(16)14(19-13)20-9-11-2-3-11/h4-7,10-11H,2-3,8-9,16H2,1H3,(H,18,19). The molecule has 6 heteroatoms. The largest absolute Gasteiger partial charge is 0.476 e. The second kappa shape index (κ2) is 6.30. The molecule has 21 heavy (non-hydrogen) atoms. The van der Waals surface area contributed by atoms with Crippen molar-refractivity contribution in [2.45, 2.75) is 25.7 Å². The van der Waals surface area contributed by atoms with Crippen LogP contribution in [0, 0.1) is 5.92 Å². The summed E-state index contributed by atoms with van der Waals surface area (Å²) in [6.07, 6.45) is 4.34. The number of anilines is 2. The third-order valence-electron chi connectivity index (χ3n) is 3.50. The summed E-state index contributed by atoms with van der Waals surface area (Å²) in [7, 11) is 0. The molecular formula is C15H20N4OS. The maximum absolute atomic E-state index is 5.91. The minimum absolute atomic E-state index is 0.347. The Morgan fingerprint density at radius 3 is 3.05 bits per heavy atom. The highest BCUT2D eigenvalue weighted by molar-refractivity contribution is 7.09. The topological polar surface area (TPSA) is 73.1 Å². The fraction of sp³-hybridized carbons (Fsp3) is 0.467. The van der Waals surface area contributed by atoms with Crippen LogP contribution in [-0.2, 0) is 0 Å². The van der Waals surface area contributed by atoms with Crippen molar-refractivity contribution in [3.8, 4) is 5.88 Å². The molecule has 5 nitrogen and oxygen atoms in total. The zero-order valence-electron chi connectivity index (χ0n) is 12.1. The minimum atomic E-state index is 0.347. The van der Waals surface area contributed by atoms with Gasteiger partial charge in [0.15, 0.2) is 0 Å². The van der Waals surface area contributed by atoms with Crippen molar-refractivity contribution >= 4 is 22.8 Å². The van der Waals surface area contributed by atoms with E-state index in [4.69, 9.17) is 10.5 Å². The Labute approximate surface area is 128 Å². The molecule has 3 rings (SSSR count). The maximum Gasteiger partial charge on any atom is 0.239 e. The van der Waals surface area contributed by atoms with Gasteiger partial charge in [0.1, 0.15) is 5.82 Å². The van der Waals surface area contributed by atoms with E-state index < -0.39 is 0 Å². The van der Waals surface area contributed by atoms with Crippen LogP contribution in [0.3, 0.4) is 0 Å². The van der Waals surface area contributed by atoms with Gasteiger partial charge in [-0.25, -0.2) is 4.98 Å². The first-order valence-corrected chi connectivity index (χ1v) is 8.13. The van der Waals surface area contributed by atoms with Gasteiger partial charge >= 0.3 is 0 Å². The average molecular weight is 304 g/mol. The smallest absolute Gasteiger partial charge is 0.239 e. The summed E-state index contributed by atoms with van der Waals surface area (Å²) in [6.45, 7) is 3.65. The fourth-order valence-corrected chi connectivity index (χ4v) is 2.67. The Hall–Kier alpha value is -1.82. The summed E-state index contributed by atoms with van der Waals surface area (Å²) in [5.74, 6) is 2.36. The molecule has 1 aliphatic carbocycles. The van der Waals surface area contributed by atoms with E-state index in [1.807, 2.05) is 23.7 Å². The van der Waals surface area contributed by atoms with Crippen molar-refractivity contribution in [2.75, 3.05) is 24.2 Å². The van der Waals surface area contributed by atoms with Crippen LogP contribution in [0.2, 0.25) is 0 Å². The quantitative estimate of drug-likeness (QED) is 0.822. The second-order valence-electron chi connectivity index (χ2n) is 5.50. The van der Waals surface area contributed by atoms with Crippen LogP contribution < -0.4 is 15.8 Å². The van der Waals surface area contributed by atoms with Gasteiger partial charge in [0.25, 0.3) is 0 Å². The molecule has 2 heterocycles. The molecule has 2 aromatic heterocycles. The molecule has 0 aromatic carbocycles. The summed E-state index contributed by atoms with van der Waals surface area (Å²) in [6, 6.07) is 3.72. The monoisotopic (exact) mass is 304 g/mol. The lowest BCUT2D eigenvalue weighted by atomic mass is 10.2. The zero-order valence-corrected chi connectivity index (χ0v) is 12.9. The van der Waals surface area contributed by atoms with E-state index in [0.717, 1.165) is 24.0 Å². The van der Waals surface area contributed by atoms with E-state index in [2.05, 4.69) is 22.2 Å².